The highest BCUT2D eigenvalue weighted by molar-refractivity contribution is 6.16. The molecule has 1 aliphatic heterocycles. The third-order valence-electron chi connectivity index (χ3n) is 5.76. The molecule has 0 aliphatic carbocycles. The number of benzodiazepines with no additional fused rings is 1. The summed E-state index contributed by atoms with van der Waals surface area (Å²) in [5.41, 5.74) is 5.44. The van der Waals surface area contributed by atoms with Crippen LogP contribution in [0.3, 0.4) is 0 Å². The highest BCUT2D eigenvalue weighted by Crippen LogP contribution is 2.29. The minimum Gasteiger partial charge on any atom is -0.497 e. The van der Waals surface area contributed by atoms with Gasteiger partial charge >= 0.3 is 0 Å². The first-order chi connectivity index (χ1) is 15.5. The zero-order valence-electron chi connectivity index (χ0n) is 18.4. The van der Waals surface area contributed by atoms with Crippen molar-refractivity contribution in [1.29, 1.82) is 0 Å². The van der Waals surface area contributed by atoms with Crippen LogP contribution in [0.1, 0.15) is 27.0 Å². The maximum Gasteiger partial charge on any atom is 0.251 e. The van der Waals surface area contributed by atoms with Crippen molar-refractivity contribution in [2.75, 3.05) is 32.1 Å². The van der Waals surface area contributed by atoms with Gasteiger partial charge in [0.2, 0.25) is 0 Å². The summed E-state index contributed by atoms with van der Waals surface area (Å²) in [6.45, 7) is 2.99. The third kappa shape index (κ3) is 4.49. The van der Waals surface area contributed by atoms with Gasteiger partial charge in [-0.05, 0) is 67.1 Å². The number of nitrogens with zero attached hydrogens (tertiary/aromatic N) is 2. The van der Waals surface area contributed by atoms with Gasteiger partial charge in [0.05, 0.1) is 25.4 Å². The van der Waals surface area contributed by atoms with Gasteiger partial charge in [0.1, 0.15) is 11.6 Å². The molecule has 1 aliphatic rings. The zero-order valence-corrected chi connectivity index (χ0v) is 18.4. The van der Waals surface area contributed by atoms with Crippen molar-refractivity contribution in [3.05, 3.63) is 94.8 Å². The van der Waals surface area contributed by atoms with E-state index in [-0.39, 0.29) is 17.8 Å². The Kier molecular flexibility index (Phi) is 6.21. The number of carbonyl (C=O) groups is 1. The number of methoxy groups -OCH3 is 1. The molecule has 0 radical (unpaired) electrons. The lowest BCUT2D eigenvalue weighted by Gasteiger charge is -2.29. The molecule has 3 aromatic rings. The van der Waals surface area contributed by atoms with Crippen LogP contribution in [0.4, 0.5) is 10.1 Å². The number of benzene rings is 3. The maximum atomic E-state index is 13.5. The number of rotatable bonds is 5. The second kappa shape index (κ2) is 9.22. The van der Waals surface area contributed by atoms with Gasteiger partial charge in [-0.2, -0.15) is 0 Å². The van der Waals surface area contributed by atoms with Crippen LogP contribution in [0.5, 0.6) is 5.75 Å². The number of aryl methyl sites for hydroxylation is 1. The number of ether oxygens (including phenoxy) is 1. The van der Waals surface area contributed by atoms with E-state index >= 15 is 0 Å². The van der Waals surface area contributed by atoms with Crippen LogP contribution in [0.2, 0.25) is 0 Å². The smallest absolute Gasteiger partial charge is 0.251 e. The molecule has 164 valence electrons. The van der Waals surface area contributed by atoms with Gasteiger partial charge in [0.25, 0.3) is 5.91 Å². The molecular formula is C26H26FN3O2. The highest BCUT2D eigenvalue weighted by atomic mass is 19.1. The van der Waals surface area contributed by atoms with Gasteiger partial charge < -0.3 is 15.0 Å². The molecule has 0 saturated heterocycles. The van der Waals surface area contributed by atoms with Crippen LogP contribution >= 0.6 is 0 Å². The second-order valence-electron chi connectivity index (χ2n) is 7.92. The van der Waals surface area contributed by atoms with E-state index in [1.807, 2.05) is 14.0 Å². The van der Waals surface area contributed by atoms with Crippen LogP contribution in [0, 0.1) is 12.7 Å². The lowest BCUT2D eigenvalue weighted by atomic mass is 9.99. The fourth-order valence-corrected chi connectivity index (χ4v) is 3.85. The molecule has 1 heterocycles. The number of carbonyl (C=O) groups excluding carboxylic acids is 1. The summed E-state index contributed by atoms with van der Waals surface area (Å²) >= 11 is 0. The molecule has 1 atom stereocenters. The largest absolute Gasteiger partial charge is 0.497 e. The van der Waals surface area contributed by atoms with Gasteiger partial charge in [-0.1, -0.05) is 12.1 Å². The van der Waals surface area contributed by atoms with Crippen molar-refractivity contribution in [3.63, 3.8) is 0 Å². The number of hydrogen-bond acceptors (Lipinski definition) is 4. The van der Waals surface area contributed by atoms with Gasteiger partial charge in [-0.3, -0.25) is 9.79 Å². The predicted octanol–water partition coefficient (Wildman–Crippen LogP) is 4.23. The van der Waals surface area contributed by atoms with Crippen molar-refractivity contribution >= 4 is 17.3 Å². The van der Waals surface area contributed by atoms with Gasteiger partial charge in [0.15, 0.2) is 0 Å². The molecular weight excluding hydrogens is 405 g/mol. The molecule has 0 fully saturated rings. The Hall–Kier alpha value is -3.67. The summed E-state index contributed by atoms with van der Waals surface area (Å²) < 4.78 is 18.6. The van der Waals surface area contributed by atoms with Crippen LogP contribution in [0.15, 0.2) is 71.7 Å². The summed E-state index contributed by atoms with van der Waals surface area (Å²) in [6, 6.07) is 19.6. The monoisotopic (exact) mass is 431 g/mol. The third-order valence-corrected chi connectivity index (χ3v) is 5.76. The van der Waals surface area contributed by atoms with E-state index in [1.54, 1.807) is 43.5 Å². The van der Waals surface area contributed by atoms with Gasteiger partial charge in [-0.25, -0.2) is 4.39 Å². The standard InChI is InChI=1S/C26H26FN3O2/c1-17-4-13-23-24(14-17)30(2)21(15-28-25(23)18-5-9-20(27)10-6-18)16-29-26(31)19-7-11-22(32-3)12-8-19/h4-14,21H,15-16H2,1-3H3,(H,29,31). The van der Waals surface area contributed by atoms with Crippen molar-refractivity contribution in [2.45, 2.75) is 13.0 Å². The number of halogens is 1. The molecule has 3 aromatic carbocycles. The first-order valence-corrected chi connectivity index (χ1v) is 10.5. The molecule has 0 spiro atoms. The normalized spacial score (nSPS) is 15.4. The number of hydrogen-bond donors (Lipinski definition) is 1. The zero-order chi connectivity index (χ0) is 22.7. The molecule has 4 rings (SSSR count). The Labute approximate surface area is 187 Å². The molecule has 1 unspecified atom stereocenters. The van der Waals surface area contributed by atoms with Crippen LogP contribution in [-0.2, 0) is 0 Å². The van der Waals surface area contributed by atoms with E-state index in [1.165, 1.54) is 12.1 Å². The number of likely N-dealkylation sites (N-methyl/N-ethyl adjacent to an activating group) is 1. The molecule has 0 bridgehead atoms. The number of nitrogens with one attached hydrogen (secondary N) is 1. The Bertz CT molecular complexity index is 1140. The minimum absolute atomic E-state index is 0.0318. The Morgan fingerprint density at radius 1 is 1.12 bits per heavy atom. The van der Waals surface area contributed by atoms with E-state index in [0.717, 1.165) is 28.1 Å². The van der Waals surface area contributed by atoms with Gasteiger partial charge in [0, 0.05) is 36.0 Å². The van der Waals surface area contributed by atoms with E-state index in [2.05, 4.69) is 28.4 Å². The number of anilines is 1. The van der Waals surface area contributed by atoms with E-state index in [9.17, 15) is 9.18 Å². The summed E-state index contributed by atoms with van der Waals surface area (Å²) in [5, 5.41) is 3.03. The Morgan fingerprint density at radius 3 is 2.53 bits per heavy atom. The molecule has 5 nitrogen and oxygen atoms in total. The topological polar surface area (TPSA) is 53.9 Å². The molecule has 1 amide bonds. The first-order valence-electron chi connectivity index (χ1n) is 10.5. The van der Waals surface area contributed by atoms with Crippen molar-refractivity contribution in [3.8, 4) is 5.75 Å². The lowest BCUT2D eigenvalue weighted by molar-refractivity contribution is 0.0951. The number of aliphatic imine (C=N–C) groups is 1. The number of fused-ring (bicyclic) bond motifs is 1. The van der Waals surface area contributed by atoms with E-state index < -0.39 is 0 Å². The summed E-state index contributed by atoms with van der Waals surface area (Å²) in [6.07, 6.45) is 0. The number of amides is 1. The predicted molar refractivity (Wildman–Crippen MR) is 126 cm³/mol. The van der Waals surface area contributed by atoms with Crippen molar-refractivity contribution in [2.24, 2.45) is 4.99 Å². The quantitative estimate of drug-likeness (QED) is 0.658. The molecule has 0 aromatic heterocycles. The molecule has 32 heavy (non-hydrogen) atoms. The van der Waals surface area contributed by atoms with Crippen molar-refractivity contribution < 1.29 is 13.9 Å². The van der Waals surface area contributed by atoms with E-state index in [4.69, 9.17) is 9.73 Å². The molecule has 1 N–H and O–H groups in total. The minimum atomic E-state index is -0.275. The SMILES string of the molecule is COc1ccc(C(=O)NCC2CN=C(c3ccc(F)cc3)c3ccc(C)cc3N2C)cc1. The van der Waals surface area contributed by atoms with Gasteiger partial charge in [-0.15, -0.1) is 0 Å². The first kappa shape index (κ1) is 21.6. The fraction of sp³-hybridized carbons (Fsp3) is 0.231. The maximum absolute atomic E-state index is 13.5. The lowest BCUT2D eigenvalue weighted by Crippen LogP contribution is -2.43. The van der Waals surface area contributed by atoms with Crippen LogP contribution in [-0.4, -0.2) is 44.9 Å². The Balaban J connectivity index is 1.59. The fourth-order valence-electron chi connectivity index (χ4n) is 3.85. The average molecular weight is 432 g/mol. The summed E-state index contributed by atoms with van der Waals surface area (Å²) in [5.74, 6) is 0.292. The van der Waals surface area contributed by atoms with E-state index in [0.29, 0.717) is 24.4 Å². The van der Waals surface area contributed by atoms with Crippen LogP contribution in [0.25, 0.3) is 0 Å². The average Bonchev–Trinajstić information content (AvgIpc) is 2.94. The van der Waals surface area contributed by atoms with Crippen molar-refractivity contribution in [1.82, 2.24) is 5.32 Å². The second-order valence-corrected chi connectivity index (χ2v) is 7.92. The molecule has 0 saturated carbocycles. The summed E-state index contributed by atoms with van der Waals surface area (Å²) in [7, 11) is 3.61. The summed E-state index contributed by atoms with van der Waals surface area (Å²) in [4.78, 5) is 19.7. The highest BCUT2D eigenvalue weighted by Gasteiger charge is 2.25. The Morgan fingerprint density at radius 2 is 1.84 bits per heavy atom. The van der Waals surface area contributed by atoms with Crippen LogP contribution < -0.4 is 15.0 Å². The molecule has 6 heteroatoms.